The molecule has 5 nitrogen and oxygen atoms in total. The highest BCUT2D eigenvalue weighted by atomic mass is 35.5. The lowest BCUT2D eigenvalue weighted by Gasteiger charge is -2.08. The van der Waals surface area contributed by atoms with E-state index < -0.39 is 0 Å². The standard InChI is InChI=1S/C14H10Cl2N4O/c15-7-1-3-12(10(16)5-7)19-14-18-11-4-2-8(17)6-9(11)13(21)20-14/h1-6H,17H2,(H2,18,19,20,21). The second-order valence-corrected chi connectivity index (χ2v) is 5.28. The first-order valence-corrected chi connectivity index (χ1v) is 6.80. The predicted octanol–water partition coefficient (Wildman–Crippen LogP) is 3.56. The SMILES string of the molecule is Nc1ccc2nc(Nc3ccc(Cl)cc3Cl)[nH]c(=O)c2c1. The summed E-state index contributed by atoms with van der Waals surface area (Å²) in [5.74, 6) is 0.293. The molecule has 0 amide bonds. The zero-order chi connectivity index (χ0) is 15.0. The van der Waals surface area contributed by atoms with Crippen LogP contribution in [0.25, 0.3) is 10.9 Å². The third-order valence-corrected chi connectivity index (χ3v) is 3.46. The van der Waals surface area contributed by atoms with E-state index in [-0.39, 0.29) is 5.56 Å². The molecule has 0 aliphatic rings. The number of aromatic amines is 1. The lowest BCUT2D eigenvalue weighted by molar-refractivity contribution is 1.17. The van der Waals surface area contributed by atoms with E-state index in [4.69, 9.17) is 28.9 Å². The van der Waals surface area contributed by atoms with Gasteiger partial charge in [0.25, 0.3) is 5.56 Å². The van der Waals surface area contributed by atoms with Crippen molar-refractivity contribution in [3.63, 3.8) is 0 Å². The van der Waals surface area contributed by atoms with Crippen LogP contribution in [0.5, 0.6) is 0 Å². The highest BCUT2D eigenvalue weighted by molar-refractivity contribution is 6.36. The molecule has 7 heteroatoms. The van der Waals surface area contributed by atoms with Gasteiger partial charge in [0.1, 0.15) is 0 Å². The lowest BCUT2D eigenvalue weighted by atomic mass is 10.2. The molecule has 4 N–H and O–H groups in total. The monoisotopic (exact) mass is 320 g/mol. The molecule has 2 aromatic carbocycles. The second-order valence-electron chi connectivity index (χ2n) is 4.44. The Morgan fingerprint density at radius 3 is 2.71 bits per heavy atom. The topological polar surface area (TPSA) is 83.8 Å². The van der Waals surface area contributed by atoms with Crippen molar-refractivity contribution in [1.82, 2.24) is 9.97 Å². The molecule has 0 bridgehead atoms. The van der Waals surface area contributed by atoms with Gasteiger partial charge in [0, 0.05) is 10.7 Å². The van der Waals surface area contributed by atoms with Crippen molar-refractivity contribution in [1.29, 1.82) is 0 Å². The van der Waals surface area contributed by atoms with Crippen LogP contribution in [-0.4, -0.2) is 9.97 Å². The Hall–Kier alpha value is -2.24. The first kappa shape index (κ1) is 13.7. The van der Waals surface area contributed by atoms with E-state index in [1.54, 1.807) is 36.4 Å². The summed E-state index contributed by atoms with van der Waals surface area (Å²) in [7, 11) is 0. The molecule has 0 saturated heterocycles. The second kappa shape index (κ2) is 5.27. The van der Waals surface area contributed by atoms with E-state index in [1.165, 1.54) is 0 Å². The maximum Gasteiger partial charge on any atom is 0.260 e. The van der Waals surface area contributed by atoms with E-state index >= 15 is 0 Å². The molecule has 0 fully saturated rings. The minimum atomic E-state index is -0.278. The van der Waals surface area contributed by atoms with Gasteiger partial charge in [0.15, 0.2) is 0 Å². The Bertz CT molecular complexity index is 892. The van der Waals surface area contributed by atoms with Crippen LogP contribution in [0, 0.1) is 0 Å². The maximum absolute atomic E-state index is 12.0. The number of halogens is 2. The Kier molecular flexibility index (Phi) is 3.45. The molecular formula is C14H10Cl2N4O. The number of nitrogens with zero attached hydrogens (tertiary/aromatic N) is 1. The highest BCUT2D eigenvalue weighted by Crippen LogP contribution is 2.27. The van der Waals surface area contributed by atoms with Gasteiger partial charge in [-0.1, -0.05) is 23.2 Å². The fraction of sp³-hybridized carbons (Fsp3) is 0. The predicted molar refractivity (Wildman–Crippen MR) is 86.5 cm³/mol. The normalized spacial score (nSPS) is 10.8. The number of nitrogens with two attached hydrogens (primary N) is 1. The number of nitrogen functional groups attached to an aromatic ring is 1. The van der Waals surface area contributed by atoms with Gasteiger partial charge < -0.3 is 11.1 Å². The first-order valence-electron chi connectivity index (χ1n) is 6.04. The van der Waals surface area contributed by atoms with Gasteiger partial charge in [0.05, 0.1) is 21.6 Å². The Balaban J connectivity index is 2.05. The van der Waals surface area contributed by atoms with E-state index in [2.05, 4.69) is 15.3 Å². The summed E-state index contributed by atoms with van der Waals surface area (Å²) in [6, 6.07) is 9.96. The Morgan fingerprint density at radius 2 is 1.95 bits per heavy atom. The Labute approximate surface area is 129 Å². The summed E-state index contributed by atoms with van der Waals surface area (Å²) in [5, 5.41) is 4.35. The van der Waals surface area contributed by atoms with Gasteiger partial charge in [-0.3, -0.25) is 9.78 Å². The average molecular weight is 321 g/mol. The van der Waals surface area contributed by atoms with Gasteiger partial charge in [-0.05, 0) is 36.4 Å². The van der Waals surface area contributed by atoms with Gasteiger partial charge in [0.2, 0.25) is 5.95 Å². The fourth-order valence-electron chi connectivity index (χ4n) is 1.93. The summed E-state index contributed by atoms with van der Waals surface area (Å²) in [4.78, 5) is 19.0. The molecule has 106 valence electrons. The summed E-state index contributed by atoms with van der Waals surface area (Å²) in [5.41, 5.74) is 7.03. The van der Waals surface area contributed by atoms with Crippen molar-refractivity contribution in [2.24, 2.45) is 0 Å². The van der Waals surface area contributed by atoms with Gasteiger partial charge in [-0.2, -0.15) is 0 Å². The van der Waals surface area contributed by atoms with Crippen molar-refractivity contribution < 1.29 is 0 Å². The minimum Gasteiger partial charge on any atom is -0.399 e. The van der Waals surface area contributed by atoms with Gasteiger partial charge >= 0.3 is 0 Å². The van der Waals surface area contributed by atoms with Gasteiger partial charge in [-0.25, -0.2) is 4.98 Å². The van der Waals surface area contributed by atoms with Crippen LogP contribution < -0.4 is 16.6 Å². The minimum absolute atomic E-state index is 0.278. The quantitative estimate of drug-likeness (QED) is 0.630. The molecule has 3 rings (SSSR count). The van der Waals surface area contributed by atoms with E-state index in [1.807, 2.05) is 0 Å². The summed E-state index contributed by atoms with van der Waals surface area (Å²) < 4.78 is 0. The van der Waals surface area contributed by atoms with Crippen LogP contribution in [0.1, 0.15) is 0 Å². The number of nitrogens with one attached hydrogen (secondary N) is 2. The number of hydrogen-bond donors (Lipinski definition) is 3. The molecule has 0 spiro atoms. The third-order valence-electron chi connectivity index (χ3n) is 2.91. The summed E-state index contributed by atoms with van der Waals surface area (Å²) in [6.07, 6.45) is 0. The molecule has 21 heavy (non-hydrogen) atoms. The molecule has 0 aliphatic heterocycles. The van der Waals surface area contributed by atoms with Crippen LogP contribution in [-0.2, 0) is 0 Å². The van der Waals surface area contributed by atoms with E-state index in [9.17, 15) is 4.79 Å². The van der Waals surface area contributed by atoms with Crippen molar-refractivity contribution in [3.8, 4) is 0 Å². The fourth-order valence-corrected chi connectivity index (χ4v) is 2.39. The number of H-pyrrole nitrogens is 1. The van der Waals surface area contributed by atoms with Crippen LogP contribution in [0.4, 0.5) is 17.3 Å². The van der Waals surface area contributed by atoms with Crippen molar-refractivity contribution >= 4 is 51.4 Å². The smallest absolute Gasteiger partial charge is 0.260 e. The number of anilines is 3. The summed E-state index contributed by atoms with van der Waals surface area (Å²) in [6.45, 7) is 0. The number of hydrogen-bond acceptors (Lipinski definition) is 4. The number of fused-ring (bicyclic) bond motifs is 1. The number of aromatic nitrogens is 2. The van der Waals surface area contributed by atoms with E-state index in [0.717, 1.165) is 0 Å². The first-order chi connectivity index (χ1) is 10.0. The molecule has 0 aliphatic carbocycles. The van der Waals surface area contributed by atoms with Crippen LogP contribution in [0.3, 0.4) is 0 Å². The molecule has 1 aromatic heterocycles. The van der Waals surface area contributed by atoms with Crippen molar-refractivity contribution in [2.45, 2.75) is 0 Å². The van der Waals surface area contributed by atoms with Gasteiger partial charge in [-0.15, -0.1) is 0 Å². The molecular weight excluding hydrogens is 311 g/mol. The molecule has 0 unspecified atom stereocenters. The molecule has 3 aromatic rings. The highest BCUT2D eigenvalue weighted by Gasteiger charge is 2.07. The third kappa shape index (κ3) is 2.79. The maximum atomic E-state index is 12.0. The molecule has 1 heterocycles. The molecule has 0 atom stereocenters. The zero-order valence-corrected chi connectivity index (χ0v) is 12.2. The Morgan fingerprint density at radius 1 is 1.14 bits per heavy atom. The lowest BCUT2D eigenvalue weighted by Crippen LogP contribution is -2.11. The van der Waals surface area contributed by atoms with Crippen molar-refractivity contribution in [3.05, 3.63) is 56.8 Å². The zero-order valence-electron chi connectivity index (χ0n) is 10.7. The van der Waals surface area contributed by atoms with Crippen molar-refractivity contribution in [2.75, 3.05) is 11.1 Å². The largest absolute Gasteiger partial charge is 0.399 e. The molecule has 0 saturated carbocycles. The summed E-state index contributed by atoms with van der Waals surface area (Å²) >= 11 is 11.9. The molecule has 0 radical (unpaired) electrons. The van der Waals surface area contributed by atoms with Crippen LogP contribution in [0.2, 0.25) is 10.0 Å². The average Bonchev–Trinajstić information content (AvgIpc) is 2.43. The number of rotatable bonds is 2. The van der Waals surface area contributed by atoms with Crippen LogP contribution >= 0.6 is 23.2 Å². The number of benzene rings is 2. The van der Waals surface area contributed by atoms with Crippen LogP contribution in [0.15, 0.2) is 41.2 Å². The van der Waals surface area contributed by atoms with E-state index in [0.29, 0.717) is 38.3 Å².